The van der Waals surface area contributed by atoms with E-state index in [1.54, 1.807) is 0 Å². The van der Waals surface area contributed by atoms with E-state index in [4.69, 9.17) is 28.3 Å². The number of carbonyl (C=O) groups is 2. The first-order valence-electron chi connectivity index (χ1n) is 5.61. The van der Waals surface area contributed by atoms with Crippen LogP contribution in [0.15, 0.2) is 35.3 Å². The fourth-order valence-corrected chi connectivity index (χ4v) is 2.18. The number of aromatic carboxylic acids is 1. The number of nitrogens with one attached hydrogen (secondary N) is 2. The first-order chi connectivity index (χ1) is 9.90. The van der Waals surface area contributed by atoms with E-state index in [1.165, 1.54) is 18.3 Å². The van der Waals surface area contributed by atoms with E-state index in [0.717, 1.165) is 12.1 Å². The summed E-state index contributed by atoms with van der Waals surface area (Å²) in [4.78, 5) is 36.7. The maximum atomic E-state index is 12.0. The first-order valence-corrected chi connectivity index (χ1v) is 6.37. The van der Waals surface area contributed by atoms with E-state index in [-0.39, 0.29) is 26.9 Å². The van der Waals surface area contributed by atoms with Gasteiger partial charge in [0, 0.05) is 6.20 Å². The van der Waals surface area contributed by atoms with Gasteiger partial charge in [-0.1, -0.05) is 23.2 Å². The van der Waals surface area contributed by atoms with Crippen molar-refractivity contribution in [2.75, 3.05) is 5.32 Å². The van der Waals surface area contributed by atoms with E-state index >= 15 is 0 Å². The zero-order valence-corrected chi connectivity index (χ0v) is 11.8. The summed E-state index contributed by atoms with van der Waals surface area (Å²) >= 11 is 11.8. The summed E-state index contributed by atoms with van der Waals surface area (Å²) in [5.41, 5.74) is -0.756. The molecular formula is C13H8Cl2N2O4. The van der Waals surface area contributed by atoms with Crippen molar-refractivity contribution in [2.24, 2.45) is 0 Å². The van der Waals surface area contributed by atoms with Gasteiger partial charge in [-0.05, 0) is 24.3 Å². The Morgan fingerprint density at radius 3 is 2.33 bits per heavy atom. The van der Waals surface area contributed by atoms with Gasteiger partial charge in [0.05, 0.1) is 21.3 Å². The van der Waals surface area contributed by atoms with Gasteiger partial charge in [-0.2, -0.15) is 0 Å². The third-order valence-corrected chi connectivity index (χ3v) is 3.19. The number of pyridine rings is 1. The molecule has 0 unspecified atom stereocenters. The summed E-state index contributed by atoms with van der Waals surface area (Å²) in [5, 5.41) is 11.2. The number of carboxylic acid groups (broad SMARTS) is 1. The highest BCUT2D eigenvalue weighted by molar-refractivity contribution is 6.40. The molecule has 0 atom stereocenters. The van der Waals surface area contributed by atoms with Gasteiger partial charge >= 0.3 is 5.97 Å². The molecule has 8 heteroatoms. The maximum Gasteiger partial charge on any atom is 0.335 e. The zero-order chi connectivity index (χ0) is 15.6. The Bertz CT molecular complexity index is 763. The molecule has 0 saturated carbocycles. The van der Waals surface area contributed by atoms with Crippen LogP contribution >= 0.6 is 23.2 Å². The third kappa shape index (κ3) is 3.24. The molecule has 0 saturated heterocycles. The Kier molecular flexibility index (Phi) is 4.30. The number of H-pyrrole nitrogens is 1. The number of aromatic amines is 1. The highest BCUT2D eigenvalue weighted by Gasteiger charge is 2.16. The van der Waals surface area contributed by atoms with E-state index in [1.807, 2.05) is 0 Å². The highest BCUT2D eigenvalue weighted by atomic mass is 35.5. The number of carboxylic acids is 1. The van der Waals surface area contributed by atoms with Gasteiger partial charge in [0.1, 0.15) is 5.56 Å². The Morgan fingerprint density at radius 2 is 1.81 bits per heavy atom. The predicted octanol–water partition coefficient (Wildman–Crippen LogP) is 2.63. The van der Waals surface area contributed by atoms with Crippen LogP contribution in [0, 0.1) is 0 Å². The molecular weight excluding hydrogens is 319 g/mol. The van der Waals surface area contributed by atoms with Crippen LogP contribution in [0.3, 0.4) is 0 Å². The number of hydrogen-bond donors (Lipinski definition) is 3. The summed E-state index contributed by atoms with van der Waals surface area (Å²) in [6.45, 7) is 0. The highest BCUT2D eigenvalue weighted by Crippen LogP contribution is 2.32. The van der Waals surface area contributed by atoms with Crippen molar-refractivity contribution in [3.63, 3.8) is 0 Å². The molecule has 0 radical (unpaired) electrons. The standard InChI is InChI=1S/C13H8Cl2N2O4/c14-8-4-6(13(20)21)5-9(15)10(8)17-12(19)7-2-1-3-16-11(7)18/h1-5H,(H,16,18)(H,17,19)(H,20,21). The fraction of sp³-hybridized carbons (Fsp3) is 0. The van der Waals surface area contributed by atoms with Crippen molar-refractivity contribution in [3.8, 4) is 0 Å². The largest absolute Gasteiger partial charge is 0.478 e. The fourth-order valence-electron chi connectivity index (χ4n) is 1.60. The number of carbonyl (C=O) groups excluding carboxylic acids is 1. The third-order valence-electron chi connectivity index (χ3n) is 2.59. The van der Waals surface area contributed by atoms with Gasteiger partial charge in [0.15, 0.2) is 0 Å². The van der Waals surface area contributed by atoms with Crippen LogP contribution in [0.1, 0.15) is 20.7 Å². The van der Waals surface area contributed by atoms with Crippen LogP contribution in [-0.2, 0) is 0 Å². The van der Waals surface area contributed by atoms with Crippen LogP contribution < -0.4 is 10.9 Å². The van der Waals surface area contributed by atoms with Gasteiger partial charge in [0.2, 0.25) is 0 Å². The van der Waals surface area contributed by atoms with Crippen LogP contribution in [0.4, 0.5) is 5.69 Å². The van der Waals surface area contributed by atoms with E-state index in [2.05, 4.69) is 10.3 Å². The molecule has 21 heavy (non-hydrogen) atoms. The van der Waals surface area contributed by atoms with Gasteiger partial charge in [-0.15, -0.1) is 0 Å². The minimum absolute atomic E-state index is 0.0385. The Balaban J connectivity index is 2.37. The molecule has 1 amide bonds. The quantitative estimate of drug-likeness (QED) is 0.807. The average molecular weight is 327 g/mol. The monoisotopic (exact) mass is 326 g/mol. The van der Waals surface area contributed by atoms with Crippen LogP contribution in [0.5, 0.6) is 0 Å². The van der Waals surface area contributed by atoms with Crippen LogP contribution in [0.25, 0.3) is 0 Å². The van der Waals surface area contributed by atoms with Gasteiger partial charge < -0.3 is 15.4 Å². The molecule has 3 N–H and O–H groups in total. The van der Waals surface area contributed by atoms with Crippen molar-refractivity contribution in [1.29, 1.82) is 0 Å². The van der Waals surface area contributed by atoms with Crippen molar-refractivity contribution in [1.82, 2.24) is 4.98 Å². The molecule has 0 aliphatic rings. The summed E-state index contributed by atoms with van der Waals surface area (Å²) in [5.74, 6) is -1.90. The number of hydrogen-bond acceptors (Lipinski definition) is 3. The molecule has 108 valence electrons. The second kappa shape index (κ2) is 5.99. The number of halogens is 2. The van der Waals surface area contributed by atoms with Gasteiger partial charge in [-0.25, -0.2) is 4.79 Å². The van der Waals surface area contributed by atoms with Crippen molar-refractivity contribution in [2.45, 2.75) is 0 Å². The summed E-state index contributed by atoms with van der Waals surface area (Å²) < 4.78 is 0. The number of anilines is 1. The molecule has 2 rings (SSSR count). The molecule has 0 bridgehead atoms. The molecule has 0 aliphatic heterocycles. The predicted molar refractivity (Wildman–Crippen MR) is 78.4 cm³/mol. The molecule has 1 aromatic carbocycles. The minimum Gasteiger partial charge on any atom is -0.478 e. The second-order valence-electron chi connectivity index (χ2n) is 3.99. The smallest absolute Gasteiger partial charge is 0.335 e. The van der Waals surface area contributed by atoms with Gasteiger partial charge in [0.25, 0.3) is 11.5 Å². The van der Waals surface area contributed by atoms with E-state index in [9.17, 15) is 14.4 Å². The topological polar surface area (TPSA) is 99.3 Å². The number of aromatic nitrogens is 1. The summed E-state index contributed by atoms with van der Waals surface area (Å²) in [7, 11) is 0. The molecule has 6 nitrogen and oxygen atoms in total. The average Bonchev–Trinajstić information content (AvgIpc) is 2.42. The zero-order valence-electron chi connectivity index (χ0n) is 10.3. The minimum atomic E-state index is -1.20. The van der Waals surface area contributed by atoms with Crippen molar-refractivity contribution < 1.29 is 14.7 Å². The number of benzene rings is 1. The lowest BCUT2D eigenvalue weighted by atomic mass is 10.2. The summed E-state index contributed by atoms with van der Waals surface area (Å²) in [6, 6.07) is 5.13. The van der Waals surface area contributed by atoms with Crippen LogP contribution in [-0.4, -0.2) is 22.0 Å². The maximum absolute atomic E-state index is 12.0. The van der Waals surface area contributed by atoms with Crippen LogP contribution in [0.2, 0.25) is 10.0 Å². The molecule has 0 spiro atoms. The second-order valence-corrected chi connectivity index (χ2v) is 4.80. The normalized spacial score (nSPS) is 10.2. The lowest BCUT2D eigenvalue weighted by Crippen LogP contribution is -2.22. The van der Waals surface area contributed by atoms with E-state index in [0.29, 0.717) is 0 Å². The Morgan fingerprint density at radius 1 is 1.19 bits per heavy atom. The molecule has 0 fully saturated rings. The van der Waals surface area contributed by atoms with Crippen molar-refractivity contribution in [3.05, 3.63) is 62.0 Å². The Labute approximate surface area is 128 Å². The van der Waals surface area contributed by atoms with Crippen molar-refractivity contribution >= 4 is 40.8 Å². The SMILES string of the molecule is O=C(O)c1cc(Cl)c(NC(=O)c2ccc[nH]c2=O)c(Cl)c1. The Hall–Kier alpha value is -2.31. The molecule has 1 heterocycles. The van der Waals surface area contributed by atoms with E-state index < -0.39 is 17.4 Å². The lowest BCUT2D eigenvalue weighted by molar-refractivity contribution is 0.0696. The number of amides is 1. The molecule has 2 aromatic rings. The van der Waals surface area contributed by atoms with Gasteiger partial charge in [-0.3, -0.25) is 9.59 Å². The lowest BCUT2D eigenvalue weighted by Gasteiger charge is -2.10. The summed E-state index contributed by atoms with van der Waals surface area (Å²) in [6.07, 6.45) is 1.39. The first kappa shape index (κ1) is 15.1. The number of rotatable bonds is 3. The molecule has 0 aliphatic carbocycles. The molecule has 1 aromatic heterocycles.